The van der Waals surface area contributed by atoms with E-state index in [-0.39, 0.29) is 11.7 Å². The number of aryl methyl sites for hydroxylation is 1. The van der Waals surface area contributed by atoms with Crippen molar-refractivity contribution in [1.82, 2.24) is 9.38 Å². The van der Waals surface area contributed by atoms with Gasteiger partial charge < -0.3 is 0 Å². The predicted octanol–water partition coefficient (Wildman–Crippen LogP) is 3.71. The minimum Gasteiger partial charge on any atom is -0.298 e. The number of hydrogen-bond acceptors (Lipinski definition) is 3. The topological polar surface area (TPSA) is 37.4 Å². The second-order valence-corrected chi connectivity index (χ2v) is 8.39. The molecule has 1 aromatic rings. The molecule has 0 bridgehead atoms. The van der Waals surface area contributed by atoms with Crippen molar-refractivity contribution in [2.45, 2.75) is 64.3 Å². The van der Waals surface area contributed by atoms with Gasteiger partial charge >= 0.3 is 5.91 Å². The minimum atomic E-state index is 0.233. The Kier molecular flexibility index (Phi) is 4.98. The van der Waals surface area contributed by atoms with Gasteiger partial charge in [0.25, 0.3) is 0 Å². The Balaban J connectivity index is 1.73. The lowest BCUT2D eigenvalue weighted by Gasteiger charge is -2.45. The first-order valence-corrected chi connectivity index (χ1v) is 10.4. The second-order valence-electron chi connectivity index (χ2n) is 8.39. The summed E-state index contributed by atoms with van der Waals surface area (Å²) in [5, 5.41) is 0. The van der Waals surface area contributed by atoms with Gasteiger partial charge in [-0.2, -0.15) is 0 Å². The van der Waals surface area contributed by atoms with Crippen LogP contribution < -0.4 is 4.48 Å². The van der Waals surface area contributed by atoms with Crippen LogP contribution in [0.4, 0.5) is 5.69 Å². The zero-order valence-electron chi connectivity index (χ0n) is 16.0. The number of carbonyl (C=O) groups is 2. The highest BCUT2D eigenvalue weighted by molar-refractivity contribution is 6.00. The van der Waals surface area contributed by atoms with Crippen LogP contribution in [0.2, 0.25) is 0 Å². The lowest BCUT2D eigenvalue weighted by atomic mass is 9.88. The van der Waals surface area contributed by atoms with Gasteiger partial charge in [0.1, 0.15) is 11.7 Å². The first kappa shape index (κ1) is 17.9. The number of benzene rings is 1. The van der Waals surface area contributed by atoms with E-state index in [1.165, 1.54) is 24.8 Å². The van der Waals surface area contributed by atoms with E-state index in [0.29, 0.717) is 16.9 Å². The quantitative estimate of drug-likeness (QED) is 0.776. The standard InChI is InChI=1S/C22H31N2O2/c1-17(25)24(14-5-2-8-20(24)16-23-12-3-4-13-23)19-11-10-18-7-6-9-22(26)21(18)15-19/h10-11,15,20H,2-9,12-14,16H2,1H3/q+1/t20-,24?/m0/s1. The van der Waals surface area contributed by atoms with Crippen molar-refractivity contribution >= 4 is 17.4 Å². The maximum Gasteiger partial charge on any atom is 0.315 e. The average Bonchev–Trinajstić information content (AvgIpc) is 3.15. The molecule has 26 heavy (non-hydrogen) atoms. The Morgan fingerprint density at radius 1 is 1.12 bits per heavy atom. The molecule has 3 aliphatic rings. The number of amides is 1. The summed E-state index contributed by atoms with van der Waals surface area (Å²) < 4.78 is 0.442. The summed E-state index contributed by atoms with van der Waals surface area (Å²) in [4.78, 5) is 28.0. The Hall–Kier alpha value is -1.52. The van der Waals surface area contributed by atoms with Crippen molar-refractivity contribution in [2.24, 2.45) is 0 Å². The van der Waals surface area contributed by atoms with E-state index >= 15 is 0 Å². The number of carbonyl (C=O) groups excluding carboxylic acids is 2. The number of likely N-dealkylation sites (tertiary alicyclic amines) is 2. The molecule has 0 N–H and O–H groups in total. The normalized spacial score (nSPS) is 29.6. The van der Waals surface area contributed by atoms with E-state index in [9.17, 15) is 9.59 Å². The molecule has 1 amide bonds. The molecule has 2 heterocycles. The first-order valence-electron chi connectivity index (χ1n) is 10.4. The fourth-order valence-corrected chi connectivity index (χ4v) is 5.44. The molecule has 2 saturated heterocycles. The van der Waals surface area contributed by atoms with Gasteiger partial charge in [0, 0.05) is 24.5 Å². The summed E-state index contributed by atoms with van der Waals surface area (Å²) in [6, 6.07) is 6.64. The Labute approximate surface area is 156 Å². The van der Waals surface area contributed by atoms with E-state index in [1.807, 2.05) is 0 Å². The molecule has 0 aromatic heterocycles. The van der Waals surface area contributed by atoms with Gasteiger partial charge in [-0.15, -0.1) is 0 Å². The van der Waals surface area contributed by atoms with Crippen LogP contribution in [0.15, 0.2) is 18.2 Å². The fourth-order valence-electron chi connectivity index (χ4n) is 5.44. The molecular weight excluding hydrogens is 324 g/mol. The Morgan fingerprint density at radius 3 is 2.69 bits per heavy atom. The van der Waals surface area contributed by atoms with Crippen LogP contribution in [0.5, 0.6) is 0 Å². The Bertz CT molecular complexity index is 708. The third-order valence-corrected chi connectivity index (χ3v) is 6.86. The molecule has 0 saturated carbocycles. The molecule has 4 nitrogen and oxygen atoms in total. The van der Waals surface area contributed by atoms with Crippen molar-refractivity contribution in [3.8, 4) is 0 Å². The van der Waals surface area contributed by atoms with E-state index < -0.39 is 0 Å². The number of rotatable bonds is 3. The van der Waals surface area contributed by atoms with Crippen LogP contribution in [-0.4, -0.2) is 48.8 Å². The third-order valence-electron chi connectivity index (χ3n) is 6.86. The number of quaternary nitrogens is 1. The van der Waals surface area contributed by atoms with Crippen molar-refractivity contribution in [3.05, 3.63) is 29.3 Å². The van der Waals surface area contributed by atoms with Crippen LogP contribution >= 0.6 is 0 Å². The molecule has 140 valence electrons. The molecule has 2 aliphatic heterocycles. The molecule has 2 atom stereocenters. The molecule has 4 rings (SSSR count). The average molecular weight is 356 g/mol. The third kappa shape index (κ3) is 3.03. The van der Waals surface area contributed by atoms with Gasteiger partial charge in [-0.3, -0.25) is 9.69 Å². The van der Waals surface area contributed by atoms with Crippen LogP contribution in [0.1, 0.15) is 67.8 Å². The molecule has 2 fully saturated rings. The number of nitrogens with zero attached hydrogens (tertiary/aromatic N) is 2. The molecule has 4 heteroatoms. The Morgan fingerprint density at radius 2 is 1.92 bits per heavy atom. The van der Waals surface area contributed by atoms with E-state index in [4.69, 9.17) is 0 Å². The van der Waals surface area contributed by atoms with Gasteiger partial charge in [-0.05, 0) is 63.2 Å². The van der Waals surface area contributed by atoms with Crippen LogP contribution in [0, 0.1) is 0 Å². The summed E-state index contributed by atoms with van der Waals surface area (Å²) in [5.41, 5.74) is 3.09. The highest BCUT2D eigenvalue weighted by atomic mass is 16.2. The maximum atomic E-state index is 13.0. The zero-order chi connectivity index (χ0) is 18.1. The summed E-state index contributed by atoms with van der Waals surface area (Å²) in [5.74, 6) is 0.486. The van der Waals surface area contributed by atoms with Crippen molar-refractivity contribution in [1.29, 1.82) is 0 Å². The monoisotopic (exact) mass is 355 g/mol. The van der Waals surface area contributed by atoms with Crippen molar-refractivity contribution in [3.63, 3.8) is 0 Å². The van der Waals surface area contributed by atoms with Gasteiger partial charge in [0.2, 0.25) is 0 Å². The molecule has 0 spiro atoms. The molecule has 1 aromatic carbocycles. The molecular formula is C22H31N2O2+. The first-order chi connectivity index (χ1) is 12.6. The number of Topliss-reactive ketones (excluding diaryl/α,β-unsaturated/α-hetero) is 1. The van der Waals surface area contributed by atoms with Crippen molar-refractivity contribution < 1.29 is 9.59 Å². The summed E-state index contributed by atoms with van der Waals surface area (Å²) in [6.07, 6.45) is 8.53. The number of ketones is 1. The lowest BCUT2D eigenvalue weighted by Crippen LogP contribution is -2.65. The lowest BCUT2D eigenvalue weighted by molar-refractivity contribution is -0.131. The van der Waals surface area contributed by atoms with Gasteiger partial charge in [0.05, 0.1) is 20.0 Å². The van der Waals surface area contributed by atoms with E-state index in [2.05, 4.69) is 23.1 Å². The highest BCUT2D eigenvalue weighted by Gasteiger charge is 2.47. The van der Waals surface area contributed by atoms with Gasteiger partial charge in [-0.25, -0.2) is 9.28 Å². The smallest absolute Gasteiger partial charge is 0.298 e. The second kappa shape index (κ2) is 7.24. The summed E-state index contributed by atoms with van der Waals surface area (Å²) >= 11 is 0. The largest absolute Gasteiger partial charge is 0.315 e. The minimum absolute atomic E-state index is 0.233. The fraction of sp³-hybridized carbons (Fsp3) is 0.636. The summed E-state index contributed by atoms with van der Waals surface area (Å²) in [6.45, 7) is 5.96. The predicted molar refractivity (Wildman–Crippen MR) is 104 cm³/mol. The van der Waals surface area contributed by atoms with Gasteiger partial charge in [-0.1, -0.05) is 6.07 Å². The van der Waals surface area contributed by atoms with Crippen LogP contribution in [-0.2, 0) is 11.2 Å². The zero-order valence-corrected chi connectivity index (χ0v) is 16.0. The SMILES string of the molecule is CC(=O)[N+]1(c2ccc3c(c2)C(=O)CCC3)CCCC[C@H]1CN1CCCC1. The summed E-state index contributed by atoms with van der Waals surface area (Å²) in [7, 11) is 0. The maximum absolute atomic E-state index is 13.0. The van der Waals surface area contributed by atoms with E-state index in [0.717, 1.165) is 63.1 Å². The van der Waals surface area contributed by atoms with Gasteiger partial charge in [0.15, 0.2) is 5.78 Å². The highest BCUT2D eigenvalue weighted by Crippen LogP contribution is 2.37. The molecule has 1 unspecified atom stereocenters. The van der Waals surface area contributed by atoms with Crippen LogP contribution in [0.3, 0.4) is 0 Å². The molecule has 1 aliphatic carbocycles. The number of fused-ring (bicyclic) bond motifs is 1. The van der Waals surface area contributed by atoms with Crippen LogP contribution in [0.25, 0.3) is 0 Å². The van der Waals surface area contributed by atoms with E-state index in [1.54, 1.807) is 6.92 Å². The molecule has 0 radical (unpaired) electrons. The van der Waals surface area contributed by atoms with Crippen molar-refractivity contribution in [2.75, 3.05) is 26.2 Å². The number of piperidine rings is 1. The number of hydrogen-bond donors (Lipinski definition) is 0.